The predicted octanol–water partition coefficient (Wildman–Crippen LogP) is -0.0566. The Morgan fingerprint density at radius 3 is 2.05 bits per heavy atom. The fraction of sp³-hybridized carbons (Fsp3) is 0.357. The molecule has 21 heavy (non-hydrogen) atoms. The molecule has 0 aliphatic heterocycles. The summed E-state index contributed by atoms with van der Waals surface area (Å²) in [4.78, 5) is 35.7. The zero-order chi connectivity index (χ0) is 15.8. The molecule has 0 unspecified atom stereocenters. The standard InChI is InChI=1S/C14H20N4O3/c1-10(19)15-8-9-16-13(20)14(21)17-11-4-6-12(7-5-11)18(2)3/h4-7H,8-9H2,1-3H3,(H,15,19)(H,16,20)(H,17,21). The lowest BCUT2D eigenvalue weighted by atomic mass is 10.2. The maximum Gasteiger partial charge on any atom is 0.313 e. The number of amides is 3. The van der Waals surface area contributed by atoms with Crippen LogP contribution in [0.3, 0.4) is 0 Å². The normalized spacial score (nSPS) is 9.67. The molecular weight excluding hydrogens is 272 g/mol. The Bertz CT molecular complexity index is 511. The summed E-state index contributed by atoms with van der Waals surface area (Å²) in [5.74, 6) is -1.66. The molecule has 1 rings (SSSR count). The molecule has 1 aromatic carbocycles. The van der Waals surface area contributed by atoms with Crippen molar-refractivity contribution in [2.75, 3.05) is 37.4 Å². The molecule has 0 spiro atoms. The van der Waals surface area contributed by atoms with Gasteiger partial charge in [-0.25, -0.2) is 0 Å². The first-order valence-electron chi connectivity index (χ1n) is 6.51. The molecule has 0 heterocycles. The second-order valence-electron chi connectivity index (χ2n) is 4.63. The van der Waals surface area contributed by atoms with Crippen molar-refractivity contribution in [3.8, 4) is 0 Å². The van der Waals surface area contributed by atoms with E-state index in [2.05, 4.69) is 16.0 Å². The summed E-state index contributed by atoms with van der Waals surface area (Å²) in [5.41, 5.74) is 1.54. The van der Waals surface area contributed by atoms with Gasteiger partial charge in [0.2, 0.25) is 5.91 Å². The van der Waals surface area contributed by atoms with Crippen molar-refractivity contribution in [3.63, 3.8) is 0 Å². The van der Waals surface area contributed by atoms with Crippen molar-refractivity contribution in [1.82, 2.24) is 10.6 Å². The maximum atomic E-state index is 11.6. The first kappa shape index (κ1) is 16.5. The Morgan fingerprint density at radius 2 is 1.52 bits per heavy atom. The van der Waals surface area contributed by atoms with Gasteiger partial charge in [0, 0.05) is 45.5 Å². The number of hydrogen-bond acceptors (Lipinski definition) is 4. The molecule has 0 aromatic heterocycles. The highest BCUT2D eigenvalue weighted by atomic mass is 16.2. The molecule has 0 fully saturated rings. The van der Waals surface area contributed by atoms with Crippen LogP contribution in [0.5, 0.6) is 0 Å². The number of carbonyl (C=O) groups excluding carboxylic acids is 3. The highest BCUT2D eigenvalue weighted by Gasteiger charge is 2.12. The fourth-order valence-electron chi connectivity index (χ4n) is 1.53. The van der Waals surface area contributed by atoms with Gasteiger partial charge in [-0.3, -0.25) is 14.4 Å². The lowest BCUT2D eigenvalue weighted by Gasteiger charge is -2.13. The molecule has 0 saturated carbocycles. The van der Waals surface area contributed by atoms with E-state index in [9.17, 15) is 14.4 Å². The topological polar surface area (TPSA) is 90.5 Å². The van der Waals surface area contributed by atoms with E-state index >= 15 is 0 Å². The Kier molecular flexibility index (Phi) is 6.19. The van der Waals surface area contributed by atoms with Gasteiger partial charge in [-0.15, -0.1) is 0 Å². The molecule has 7 heteroatoms. The Balaban J connectivity index is 2.41. The molecule has 1 aromatic rings. The van der Waals surface area contributed by atoms with Crippen molar-refractivity contribution < 1.29 is 14.4 Å². The molecule has 0 atom stereocenters. The van der Waals surface area contributed by atoms with Crippen molar-refractivity contribution in [2.45, 2.75) is 6.92 Å². The van der Waals surface area contributed by atoms with Gasteiger partial charge in [0.05, 0.1) is 0 Å². The van der Waals surface area contributed by atoms with E-state index in [0.29, 0.717) is 5.69 Å². The summed E-state index contributed by atoms with van der Waals surface area (Å²) >= 11 is 0. The van der Waals surface area contributed by atoms with Crippen LogP contribution in [0.15, 0.2) is 24.3 Å². The quantitative estimate of drug-likeness (QED) is 0.524. The van der Waals surface area contributed by atoms with E-state index in [1.165, 1.54) is 6.92 Å². The van der Waals surface area contributed by atoms with Gasteiger partial charge in [-0.05, 0) is 24.3 Å². The molecule has 0 saturated heterocycles. The smallest absolute Gasteiger partial charge is 0.313 e. The average Bonchev–Trinajstić information content (AvgIpc) is 2.43. The molecule has 114 valence electrons. The predicted molar refractivity (Wildman–Crippen MR) is 81.1 cm³/mol. The van der Waals surface area contributed by atoms with Crippen molar-refractivity contribution in [1.29, 1.82) is 0 Å². The summed E-state index contributed by atoms with van der Waals surface area (Å²) in [6, 6.07) is 7.12. The van der Waals surface area contributed by atoms with Gasteiger partial charge in [0.25, 0.3) is 0 Å². The van der Waals surface area contributed by atoms with E-state index in [4.69, 9.17) is 0 Å². The average molecular weight is 292 g/mol. The second kappa shape index (κ2) is 7.88. The third-order valence-corrected chi connectivity index (χ3v) is 2.63. The van der Waals surface area contributed by atoms with Crippen LogP contribution in [0, 0.1) is 0 Å². The van der Waals surface area contributed by atoms with Gasteiger partial charge < -0.3 is 20.9 Å². The van der Waals surface area contributed by atoms with Gasteiger partial charge >= 0.3 is 11.8 Å². The van der Waals surface area contributed by atoms with E-state index in [0.717, 1.165) is 5.69 Å². The van der Waals surface area contributed by atoms with E-state index in [1.807, 2.05) is 31.1 Å². The Hall–Kier alpha value is -2.57. The molecule has 0 radical (unpaired) electrons. The second-order valence-corrected chi connectivity index (χ2v) is 4.63. The number of nitrogens with one attached hydrogen (secondary N) is 3. The lowest BCUT2D eigenvalue weighted by molar-refractivity contribution is -0.136. The van der Waals surface area contributed by atoms with E-state index < -0.39 is 11.8 Å². The highest BCUT2D eigenvalue weighted by molar-refractivity contribution is 6.39. The Morgan fingerprint density at radius 1 is 0.952 bits per heavy atom. The number of benzene rings is 1. The molecule has 3 N–H and O–H groups in total. The number of anilines is 2. The summed E-state index contributed by atoms with van der Waals surface area (Å²) < 4.78 is 0. The third-order valence-electron chi connectivity index (χ3n) is 2.63. The monoisotopic (exact) mass is 292 g/mol. The molecule has 0 bridgehead atoms. The van der Waals surface area contributed by atoms with Crippen LogP contribution < -0.4 is 20.9 Å². The van der Waals surface area contributed by atoms with Crippen LogP contribution in [0.4, 0.5) is 11.4 Å². The van der Waals surface area contributed by atoms with Crippen LogP contribution in [-0.4, -0.2) is 44.9 Å². The summed E-state index contributed by atoms with van der Waals surface area (Å²) in [7, 11) is 3.83. The largest absolute Gasteiger partial charge is 0.378 e. The SMILES string of the molecule is CC(=O)NCCNC(=O)C(=O)Nc1ccc(N(C)C)cc1. The van der Waals surface area contributed by atoms with Gasteiger partial charge in [-0.1, -0.05) is 0 Å². The van der Waals surface area contributed by atoms with Crippen molar-refractivity contribution in [2.24, 2.45) is 0 Å². The number of carbonyl (C=O) groups is 3. The Labute approximate surface area is 123 Å². The van der Waals surface area contributed by atoms with Crippen LogP contribution in [0.1, 0.15) is 6.92 Å². The third kappa shape index (κ3) is 5.94. The van der Waals surface area contributed by atoms with Crippen molar-refractivity contribution >= 4 is 29.1 Å². The van der Waals surface area contributed by atoms with Crippen LogP contribution in [-0.2, 0) is 14.4 Å². The van der Waals surface area contributed by atoms with Crippen LogP contribution in [0.2, 0.25) is 0 Å². The number of hydrogen-bond donors (Lipinski definition) is 3. The molecular formula is C14H20N4O3. The van der Waals surface area contributed by atoms with Crippen molar-refractivity contribution in [3.05, 3.63) is 24.3 Å². The van der Waals surface area contributed by atoms with Gasteiger partial charge in [0.1, 0.15) is 0 Å². The van der Waals surface area contributed by atoms with Crippen LogP contribution in [0.25, 0.3) is 0 Å². The molecule has 0 aliphatic rings. The fourth-order valence-corrected chi connectivity index (χ4v) is 1.53. The maximum absolute atomic E-state index is 11.6. The first-order valence-corrected chi connectivity index (χ1v) is 6.51. The molecule has 7 nitrogen and oxygen atoms in total. The zero-order valence-electron chi connectivity index (χ0n) is 12.4. The minimum Gasteiger partial charge on any atom is -0.378 e. The molecule has 3 amide bonds. The summed E-state index contributed by atoms with van der Waals surface area (Å²) in [5, 5.41) is 7.43. The van der Waals surface area contributed by atoms with E-state index in [-0.39, 0.29) is 19.0 Å². The van der Waals surface area contributed by atoms with Gasteiger partial charge in [-0.2, -0.15) is 0 Å². The van der Waals surface area contributed by atoms with Crippen LogP contribution >= 0.6 is 0 Å². The minimum atomic E-state index is -0.740. The lowest BCUT2D eigenvalue weighted by Crippen LogP contribution is -2.39. The summed E-state index contributed by atoms with van der Waals surface area (Å²) in [6.07, 6.45) is 0. The number of nitrogens with zero attached hydrogens (tertiary/aromatic N) is 1. The summed E-state index contributed by atoms with van der Waals surface area (Å²) in [6.45, 7) is 1.86. The number of rotatable bonds is 5. The molecule has 0 aliphatic carbocycles. The minimum absolute atomic E-state index is 0.185. The first-order chi connectivity index (χ1) is 9.90. The zero-order valence-corrected chi connectivity index (χ0v) is 12.4. The van der Waals surface area contributed by atoms with Gasteiger partial charge in [0.15, 0.2) is 0 Å². The highest BCUT2D eigenvalue weighted by Crippen LogP contribution is 2.15. The van der Waals surface area contributed by atoms with E-state index in [1.54, 1.807) is 12.1 Å².